The van der Waals surface area contributed by atoms with E-state index in [4.69, 9.17) is 0 Å². The number of aliphatic hydroxyl groups is 2. The highest BCUT2D eigenvalue weighted by molar-refractivity contribution is 5.91. The first-order valence-electron chi connectivity index (χ1n) is 10.0. The highest BCUT2D eigenvalue weighted by atomic mass is 16.5. The predicted octanol–water partition coefficient (Wildman–Crippen LogP) is 3.04. The average molecular weight is 358 g/mol. The standard InChI is InChI=1S/C22H30O4/c1-12-10-17-15-5-4-13-11-14(23)6-8-21(13,2)16(15)7-9-22(17,3)18(12)19(24)20(25)26/h7,9,11-12,15-18,20,25-26H,4-6,8,10H2,1-3H3/t12?,15-,16+,17+,18-,21+,22+/m1/s1. The Bertz CT molecular complexity index is 705. The van der Waals surface area contributed by atoms with E-state index in [1.807, 2.05) is 6.08 Å². The smallest absolute Gasteiger partial charge is 0.213 e. The fraction of sp³-hybridized carbons (Fsp3) is 0.727. The van der Waals surface area contributed by atoms with Gasteiger partial charge in [-0.25, -0.2) is 0 Å². The third-order valence-corrected chi connectivity index (χ3v) is 8.31. The normalized spacial score (nSPS) is 47.2. The van der Waals surface area contributed by atoms with Crippen molar-refractivity contribution >= 4 is 11.6 Å². The first-order chi connectivity index (χ1) is 12.2. The second-order valence-corrected chi connectivity index (χ2v) is 9.58. The van der Waals surface area contributed by atoms with Crippen LogP contribution in [0.2, 0.25) is 0 Å². The third-order valence-electron chi connectivity index (χ3n) is 8.31. The monoisotopic (exact) mass is 358 g/mol. The molecule has 2 saturated carbocycles. The van der Waals surface area contributed by atoms with E-state index in [1.165, 1.54) is 5.57 Å². The first-order valence-corrected chi connectivity index (χ1v) is 10.0. The average Bonchev–Trinajstić information content (AvgIpc) is 2.85. The summed E-state index contributed by atoms with van der Waals surface area (Å²) in [4.78, 5) is 24.4. The maximum Gasteiger partial charge on any atom is 0.213 e. The van der Waals surface area contributed by atoms with Crippen LogP contribution >= 0.6 is 0 Å². The van der Waals surface area contributed by atoms with E-state index in [0.29, 0.717) is 24.2 Å². The van der Waals surface area contributed by atoms with Crippen LogP contribution in [0.5, 0.6) is 0 Å². The highest BCUT2D eigenvalue weighted by Crippen LogP contribution is 2.65. The number of allylic oxidation sites excluding steroid dienone is 4. The Morgan fingerprint density at radius 3 is 2.69 bits per heavy atom. The number of hydrogen-bond acceptors (Lipinski definition) is 4. The molecule has 0 aliphatic heterocycles. The highest BCUT2D eigenvalue weighted by Gasteiger charge is 2.60. The molecule has 0 aromatic carbocycles. The minimum absolute atomic E-state index is 0.0521. The van der Waals surface area contributed by atoms with Gasteiger partial charge < -0.3 is 10.2 Å². The Kier molecular flexibility index (Phi) is 4.09. The lowest BCUT2D eigenvalue weighted by atomic mass is 9.49. The van der Waals surface area contributed by atoms with E-state index in [9.17, 15) is 19.8 Å². The molecule has 142 valence electrons. The lowest BCUT2D eigenvalue weighted by Crippen LogP contribution is -2.49. The summed E-state index contributed by atoms with van der Waals surface area (Å²) >= 11 is 0. The molecule has 0 bridgehead atoms. The molecule has 0 amide bonds. The molecule has 4 rings (SSSR count). The van der Waals surface area contributed by atoms with Crippen molar-refractivity contribution in [2.45, 2.75) is 59.2 Å². The van der Waals surface area contributed by atoms with E-state index < -0.39 is 12.1 Å². The minimum Gasteiger partial charge on any atom is -0.362 e. The van der Waals surface area contributed by atoms with E-state index in [2.05, 4.69) is 32.9 Å². The Morgan fingerprint density at radius 1 is 1.27 bits per heavy atom. The van der Waals surface area contributed by atoms with Crippen LogP contribution in [0.4, 0.5) is 0 Å². The lowest BCUT2D eigenvalue weighted by Gasteiger charge is -2.55. The molecule has 0 saturated heterocycles. The van der Waals surface area contributed by atoms with Gasteiger partial charge in [-0.05, 0) is 66.3 Å². The summed E-state index contributed by atoms with van der Waals surface area (Å²) in [5, 5.41) is 19.0. The van der Waals surface area contributed by atoms with Gasteiger partial charge >= 0.3 is 0 Å². The molecule has 0 spiro atoms. The summed E-state index contributed by atoms with van der Waals surface area (Å²) in [6.45, 7) is 6.52. The fourth-order valence-electron chi connectivity index (χ4n) is 7.05. The topological polar surface area (TPSA) is 74.6 Å². The van der Waals surface area contributed by atoms with Gasteiger partial charge in [-0.1, -0.05) is 38.5 Å². The summed E-state index contributed by atoms with van der Waals surface area (Å²) in [5.41, 5.74) is 1.06. The summed E-state index contributed by atoms with van der Waals surface area (Å²) in [7, 11) is 0. The number of ketones is 2. The van der Waals surface area contributed by atoms with Crippen LogP contribution in [-0.4, -0.2) is 28.1 Å². The summed E-state index contributed by atoms with van der Waals surface area (Å²) in [5.74, 6) is 0.943. The predicted molar refractivity (Wildman–Crippen MR) is 97.9 cm³/mol. The number of rotatable bonds is 2. The van der Waals surface area contributed by atoms with Gasteiger partial charge in [0.1, 0.15) is 0 Å². The second-order valence-electron chi connectivity index (χ2n) is 9.58. The number of Topliss-reactive ketones (excluding diaryl/α,β-unsaturated/α-hetero) is 1. The molecule has 0 aromatic heterocycles. The zero-order valence-electron chi connectivity index (χ0n) is 15.9. The van der Waals surface area contributed by atoms with Gasteiger partial charge in [0, 0.05) is 12.3 Å². The van der Waals surface area contributed by atoms with Crippen LogP contribution in [0.1, 0.15) is 52.9 Å². The number of carbonyl (C=O) groups is 2. The maximum absolute atomic E-state index is 12.5. The van der Waals surface area contributed by atoms with Crippen molar-refractivity contribution in [1.29, 1.82) is 0 Å². The molecule has 1 unspecified atom stereocenters. The van der Waals surface area contributed by atoms with Gasteiger partial charge in [0.05, 0.1) is 0 Å². The van der Waals surface area contributed by atoms with E-state index in [1.54, 1.807) is 0 Å². The fourth-order valence-corrected chi connectivity index (χ4v) is 7.05. The van der Waals surface area contributed by atoms with Crippen LogP contribution in [0.25, 0.3) is 0 Å². The zero-order valence-corrected chi connectivity index (χ0v) is 15.9. The summed E-state index contributed by atoms with van der Waals surface area (Å²) in [6.07, 6.45) is 9.05. The van der Waals surface area contributed by atoms with Crippen molar-refractivity contribution in [3.8, 4) is 0 Å². The van der Waals surface area contributed by atoms with Gasteiger partial charge in [-0.3, -0.25) is 9.59 Å². The van der Waals surface area contributed by atoms with Crippen LogP contribution in [0.15, 0.2) is 23.8 Å². The van der Waals surface area contributed by atoms with Crippen LogP contribution in [0, 0.1) is 40.4 Å². The largest absolute Gasteiger partial charge is 0.362 e. The molecular formula is C22H30O4. The summed E-state index contributed by atoms with van der Waals surface area (Å²) < 4.78 is 0. The van der Waals surface area contributed by atoms with Gasteiger partial charge in [0.15, 0.2) is 11.6 Å². The molecule has 4 aliphatic carbocycles. The maximum atomic E-state index is 12.5. The zero-order chi connectivity index (χ0) is 18.9. The van der Waals surface area contributed by atoms with Crippen molar-refractivity contribution in [2.75, 3.05) is 0 Å². The Labute approximate surface area is 155 Å². The van der Waals surface area contributed by atoms with Crippen LogP contribution < -0.4 is 0 Å². The van der Waals surface area contributed by atoms with Gasteiger partial charge in [0.25, 0.3) is 0 Å². The number of aliphatic hydroxyl groups excluding tert-OH is 1. The molecule has 2 N–H and O–H groups in total. The molecule has 4 aliphatic rings. The van der Waals surface area contributed by atoms with Gasteiger partial charge in [0.2, 0.25) is 6.29 Å². The molecule has 0 heterocycles. The Balaban J connectivity index is 1.73. The Morgan fingerprint density at radius 2 is 2.00 bits per heavy atom. The van der Waals surface area contributed by atoms with E-state index in [0.717, 1.165) is 25.7 Å². The molecule has 0 aromatic rings. The SMILES string of the molecule is CC1C[C@H]2[C@@H]3CCC4=CC(=O)CC[C@]4(C)[C@H]3C=C[C@]2(C)[C@H]1C(=O)C(O)O. The number of fused-ring (bicyclic) bond motifs is 5. The van der Waals surface area contributed by atoms with Gasteiger partial charge in [-0.2, -0.15) is 0 Å². The second kappa shape index (κ2) is 5.87. The summed E-state index contributed by atoms with van der Waals surface area (Å²) in [6, 6.07) is 0. The van der Waals surface area contributed by atoms with Crippen LogP contribution in [-0.2, 0) is 9.59 Å². The molecule has 4 nitrogen and oxygen atoms in total. The third kappa shape index (κ3) is 2.34. The van der Waals surface area contributed by atoms with Crippen molar-refractivity contribution in [3.63, 3.8) is 0 Å². The first kappa shape index (κ1) is 18.1. The van der Waals surface area contributed by atoms with Gasteiger partial charge in [-0.15, -0.1) is 0 Å². The van der Waals surface area contributed by atoms with E-state index >= 15 is 0 Å². The number of hydrogen-bond donors (Lipinski definition) is 2. The Hall–Kier alpha value is -1.26. The molecular weight excluding hydrogens is 328 g/mol. The van der Waals surface area contributed by atoms with Crippen molar-refractivity contribution in [1.82, 2.24) is 0 Å². The molecule has 4 heteroatoms. The minimum atomic E-state index is -1.88. The van der Waals surface area contributed by atoms with E-state index in [-0.39, 0.29) is 28.4 Å². The lowest BCUT2D eigenvalue weighted by molar-refractivity contribution is -0.154. The molecule has 0 radical (unpaired) electrons. The van der Waals surface area contributed by atoms with Crippen molar-refractivity contribution < 1.29 is 19.8 Å². The molecule has 7 atom stereocenters. The number of carbonyl (C=O) groups excluding carboxylic acids is 2. The molecule has 26 heavy (non-hydrogen) atoms. The molecule has 2 fully saturated rings. The van der Waals surface area contributed by atoms with Crippen molar-refractivity contribution in [3.05, 3.63) is 23.8 Å². The van der Waals surface area contributed by atoms with Crippen LogP contribution in [0.3, 0.4) is 0 Å². The van der Waals surface area contributed by atoms with Crippen molar-refractivity contribution in [2.24, 2.45) is 40.4 Å². The quantitative estimate of drug-likeness (QED) is 0.588.